The van der Waals surface area contributed by atoms with Gasteiger partial charge in [0.1, 0.15) is 11.9 Å². The standard InChI is InChI=1S/C26H40N6O3/c1-5-30-13-11-24(12-14-30)35-26-20(2)25(32(29-26)23-9-7-6-8-10-23)28-21(3)27-17-22-18-31(34-19-22)15-16-33-4/h6-10,22,24,27-28H,3,5,11-19H2,1-2,4H3/t22-/m1/s1. The van der Waals surface area contributed by atoms with Crippen molar-refractivity contribution in [1.29, 1.82) is 0 Å². The van der Waals surface area contributed by atoms with Crippen LogP contribution in [0.3, 0.4) is 0 Å². The zero-order valence-corrected chi connectivity index (χ0v) is 21.3. The van der Waals surface area contributed by atoms with E-state index in [1.54, 1.807) is 7.11 Å². The molecular formula is C26H40N6O3. The lowest BCUT2D eigenvalue weighted by Crippen LogP contribution is -2.38. The van der Waals surface area contributed by atoms with Crippen LogP contribution in [0.5, 0.6) is 5.88 Å². The molecule has 0 spiro atoms. The van der Waals surface area contributed by atoms with Crippen molar-refractivity contribution in [2.75, 3.05) is 64.9 Å². The van der Waals surface area contributed by atoms with E-state index in [9.17, 15) is 0 Å². The van der Waals surface area contributed by atoms with Gasteiger partial charge in [-0.05, 0) is 38.4 Å². The first-order valence-electron chi connectivity index (χ1n) is 12.7. The van der Waals surface area contributed by atoms with Crippen molar-refractivity contribution in [3.8, 4) is 11.6 Å². The van der Waals surface area contributed by atoms with Crippen LogP contribution in [-0.4, -0.2) is 85.4 Å². The minimum Gasteiger partial charge on any atom is -0.473 e. The van der Waals surface area contributed by atoms with Gasteiger partial charge in [-0.25, -0.2) is 4.68 Å². The lowest BCUT2D eigenvalue weighted by Gasteiger charge is -2.30. The third-order valence-corrected chi connectivity index (χ3v) is 6.71. The Morgan fingerprint density at radius 2 is 2.00 bits per heavy atom. The van der Waals surface area contributed by atoms with E-state index in [1.807, 2.05) is 40.1 Å². The molecule has 2 fully saturated rings. The number of rotatable bonds is 12. The molecule has 1 aromatic heterocycles. The van der Waals surface area contributed by atoms with Gasteiger partial charge in [0.2, 0.25) is 5.88 Å². The van der Waals surface area contributed by atoms with Gasteiger partial charge in [-0.2, -0.15) is 5.06 Å². The smallest absolute Gasteiger partial charge is 0.238 e. The summed E-state index contributed by atoms with van der Waals surface area (Å²) in [5, 5.41) is 13.7. The van der Waals surface area contributed by atoms with Crippen molar-refractivity contribution in [2.45, 2.75) is 32.8 Å². The van der Waals surface area contributed by atoms with Gasteiger partial charge >= 0.3 is 0 Å². The number of ether oxygens (including phenoxy) is 2. The van der Waals surface area contributed by atoms with E-state index in [1.165, 1.54) is 0 Å². The van der Waals surface area contributed by atoms with Crippen LogP contribution in [0, 0.1) is 12.8 Å². The Hall–Kier alpha value is -2.59. The van der Waals surface area contributed by atoms with E-state index in [2.05, 4.69) is 36.0 Å². The Morgan fingerprint density at radius 3 is 2.71 bits per heavy atom. The van der Waals surface area contributed by atoms with Gasteiger partial charge in [0, 0.05) is 45.8 Å². The lowest BCUT2D eigenvalue weighted by molar-refractivity contribution is -0.118. The second-order valence-electron chi connectivity index (χ2n) is 9.30. The average molecular weight is 485 g/mol. The first kappa shape index (κ1) is 25.5. The Bertz CT molecular complexity index is 942. The van der Waals surface area contributed by atoms with Gasteiger partial charge in [-0.1, -0.05) is 31.7 Å². The van der Waals surface area contributed by atoms with Crippen molar-refractivity contribution in [1.82, 2.24) is 25.1 Å². The number of nitrogens with zero attached hydrogens (tertiary/aromatic N) is 4. The Morgan fingerprint density at radius 1 is 1.23 bits per heavy atom. The molecule has 2 aliphatic rings. The molecule has 4 rings (SSSR count). The highest BCUT2D eigenvalue weighted by molar-refractivity contribution is 5.57. The number of aromatic nitrogens is 2. The molecule has 0 saturated carbocycles. The normalized spacial score (nSPS) is 19.7. The summed E-state index contributed by atoms with van der Waals surface area (Å²) in [6.07, 6.45) is 2.23. The molecule has 0 aliphatic carbocycles. The van der Waals surface area contributed by atoms with E-state index in [0.717, 1.165) is 75.0 Å². The summed E-state index contributed by atoms with van der Waals surface area (Å²) in [5.41, 5.74) is 1.95. The molecule has 3 heterocycles. The molecule has 2 N–H and O–H groups in total. The summed E-state index contributed by atoms with van der Waals surface area (Å²) in [6.45, 7) is 15.5. The molecule has 2 aliphatic heterocycles. The van der Waals surface area contributed by atoms with Gasteiger partial charge in [0.15, 0.2) is 0 Å². The van der Waals surface area contributed by atoms with Gasteiger partial charge < -0.3 is 25.0 Å². The van der Waals surface area contributed by atoms with Crippen LogP contribution in [0.2, 0.25) is 0 Å². The van der Waals surface area contributed by atoms with E-state index in [0.29, 0.717) is 25.0 Å². The molecule has 9 nitrogen and oxygen atoms in total. The van der Waals surface area contributed by atoms with Crippen LogP contribution in [0.15, 0.2) is 42.7 Å². The van der Waals surface area contributed by atoms with Crippen LogP contribution >= 0.6 is 0 Å². The van der Waals surface area contributed by atoms with Crippen molar-refractivity contribution in [3.63, 3.8) is 0 Å². The Kier molecular flexibility index (Phi) is 9.03. The predicted molar refractivity (Wildman–Crippen MR) is 138 cm³/mol. The largest absolute Gasteiger partial charge is 0.473 e. The number of nitrogens with one attached hydrogen (secondary N) is 2. The number of hydrogen-bond acceptors (Lipinski definition) is 8. The maximum Gasteiger partial charge on any atom is 0.238 e. The van der Waals surface area contributed by atoms with Crippen LogP contribution in [-0.2, 0) is 9.57 Å². The average Bonchev–Trinajstić information content (AvgIpc) is 3.47. The molecule has 0 bridgehead atoms. The fourth-order valence-corrected chi connectivity index (χ4v) is 4.52. The number of hydrogen-bond donors (Lipinski definition) is 2. The lowest BCUT2D eigenvalue weighted by atomic mass is 10.1. The third kappa shape index (κ3) is 6.76. The molecule has 0 unspecified atom stereocenters. The molecule has 1 atom stereocenters. The minimum atomic E-state index is 0.188. The number of para-hydroxylation sites is 1. The van der Waals surface area contributed by atoms with E-state index in [-0.39, 0.29) is 6.10 Å². The van der Waals surface area contributed by atoms with E-state index in [4.69, 9.17) is 19.4 Å². The molecule has 2 saturated heterocycles. The fraction of sp³-hybridized carbons (Fsp3) is 0.577. The maximum atomic E-state index is 6.41. The minimum absolute atomic E-state index is 0.188. The van der Waals surface area contributed by atoms with Crippen LogP contribution in [0.4, 0.5) is 5.82 Å². The second kappa shape index (κ2) is 12.4. The number of methoxy groups -OCH3 is 1. The number of benzene rings is 1. The SMILES string of the molecule is C=C(NC[C@H]1CON(CCOC)C1)Nc1c(C)c(OC2CCN(CC)CC2)nn1-c1ccccc1. The molecule has 192 valence electrons. The summed E-state index contributed by atoms with van der Waals surface area (Å²) in [5.74, 6) is 2.65. The highest BCUT2D eigenvalue weighted by Crippen LogP contribution is 2.31. The van der Waals surface area contributed by atoms with Crippen LogP contribution in [0.1, 0.15) is 25.3 Å². The van der Waals surface area contributed by atoms with Gasteiger partial charge in [0.25, 0.3) is 0 Å². The van der Waals surface area contributed by atoms with E-state index >= 15 is 0 Å². The number of likely N-dealkylation sites (tertiary alicyclic amines) is 1. The summed E-state index contributed by atoms with van der Waals surface area (Å²) >= 11 is 0. The second-order valence-corrected chi connectivity index (χ2v) is 9.30. The first-order chi connectivity index (χ1) is 17.1. The topological polar surface area (TPSA) is 76.1 Å². The van der Waals surface area contributed by atoms with Crippen molar-refractivity contribution < 1.29 is 14.3 Å². The fourth-order valence-electron chi connectivity index (χ4n) is 4.52. The molecule has 0 radical (unpaired) electrons. The summed E-state index contributed by atoms with van der Waals surface area (Å²) < 4.78 is 13.5. The highest BCUT2D eigenvalue weighted by Gasteiger charge is 2.25. The molecule has 1 aromatic carbocycles. The molecule has 35 heavy (non-hydrogen) atoms. The predicted octanol–water partition coefficient (Wildman–Crippen LogP) is 3.03. The van der Waals surface area contributed by atoms with Crippen LogP contribution < -0.4 is 15.4 Å². The van der Waals surface area contributed by atoms with Crippen molar-refractivity contribution in [3.05, 3.63) is 48.3 Å². The molecule has 2 aromatic rings. The van der Waals surface area contributed by atoms with Gasteiger partial charge in [0.05, 0.1) is 30.3 Å². The van der Waals surface area contributed by atoms with Crippen LogP contribution in [0.25, 0.3) is 5.69 Å². The van der Waals surface area contributed by atoms with Crippen molar-refractivity contribution >= 4 is 5.82 Å². The summed E-state index contributed by atoms with van der Waals surface area (Å²) in [4.78, 5) is 8.20. The molecule has 9 heteroatoms. The van der Waals surface area contributed by atoms with Crippen molar-refractivity contribution in [2.24, 2.45) is 5.92 Å². The molecular weight excluding hydrogens is 444 g/mol. The van der Waals surface area contributed by atoms with Gasteiger partial charge in [-0.3, -0.25) is 4.84 Å². The molecule has 0 amide bonds. The Labute approximate surface area is 209 Å². The zero-order valence-electron chi connectivity index (χ0n) is 21.3. The first-order valence-corrected chi connectivity index (χ1v) is 12.7. The maximum absolute atomic E-state index is 6.41. The summed E-state index contributed by atoms with van der Waals surface area (Å²) in [7, 11) is 1.71. The highest BCUT2D eigenvalue weighted by atomic mass is 16.7. The number of piperidine rings is 1. The quantitative estimate of drug-likeness (QED) is 0.476. The third-order valence-electron chi connectivity index (χ3n) is 6.71. The van der Waals surface area contributed by atoms with E-state index < -0.39 is 0 Å². The zero-order chi connectivity index (χ0) is 24.6. The number of hydroxylamine groups is 2. The Balaban J connectivity index is 1.40. The summed E-state index contributed by atoms with van der Waals surface area (Å²) in [6, 6.07) is 10.1. The monoisotopic (exact) mass is 484 g/mol. The number of anilines is 1. The van der Waals surface area contributed by atoms with Gasteiger partial charge in [-0.15, -0.1) is 5.10 Å².